The Morgan fingerprint density at radius 2 is 2.35 bits per heavy atom. The highest BCUT2D eigenvalue weighted by Gasteiger charge is 2.28. The number of nitrogens with zero attached hydrogens (tertiary/aromatic N) is 4. The molecule has 4 rings (SSSR count). The molecule has 1 aliphatic heterocycles. The average molecular weight is 328 g/mol. The summed E-state index contributed by atoms with van der Waals surface area (Å²) in [5.41, 5.74) is 2.07. The normalized spacial score (nSPS) is 20.3. The Balaban J connectivity index is 1.47. The number of fused-ring (bicyclic) bond motifs is 1. The fourth-order valence-corrected chi connectivity index (χ4v) is 4.17. The summed E-state index contributed by atoms with van der Waals surface area (Å²) in [6, 6.07) is 4.45. The molecule has 4 heterocycles. The zero-order valence-corrected chi connectivity index (χ0v) is 13.7. The minimum atomic E-state index is -0.355. The maximum absolute atomic E-state index is 10.4. The van der Waals surface area contributed by atoms with Gasteiger partial charge in [0.25, 0.3) is 0 Å². The van der Waals surface area contributed by atoms with Crippen LogP contribution < -0.4 is 0 Å². The first kappa shape index (κ1) is 14.8. The lowest BCUT2D eigenvalue weighted by Crippen LogP contribution is -2.30. The van der Waals surface area contributed by atoms with Gasteiger partial charge in [-0.25, -0.2) is 4.98 Å². The van der Waals surface area contributed by atoms with Crippen LogP contribution in [0.15, 0.2) is 42.3 Å². The third kappa shape index (κ3) is 3.02. The van der Waals surface area contributed by atoms with Crippen molar-refractivity contribution in [2.75, 3.05) is 6.54 Å². The molecule has 0 aromatic carbocycles. The molecule has 3 aromatic heterocycles. The molecular weight excluding hydrogens is 308 g/mol. The summed E-state index contributed by atoms with van der Waals surface area (Å²) in [4.78, 5) is 12.1. The van der Waals surface area contributed by atoms with Gasteiger partial charge in [-0.2, -0.15) is 0 Å². The van der Waals surface area contributed by atoms with Crippen molar-refractivity contribution in [3.63, 3.8) is 0 Å². The highest BCUT2D eigenvalue weighted by atomic mass is 32.1. The van der Waals surface area contributed by atoms with Gasteiger partial charge in [-0.05, 0) is 37.3 Å². The molecule has 5 nitrogen and oxygen atoms in total. The van der Waals surface area contributed by atoms with E-state index in [0.29, 0.717) is 6.04 Å². The standard InChI is InChI=1S/C17H20N4OS/c22-15(16-4-2-8-23-16)9-13-3-1-6-20(13)12-14-10-19-17-11-18-5-7-21(14)17/h2,4-5,7-8,10-11,13,15,22H,1,3,6,9,12H2. The molecule has 1 aliphatic rings. The molecule has 2 unspecified atom stereocenters. The Labute approximate surface area is 139 Å². The van der Waals surface area contributed by atoms with E-state index in [0.717, 1.165) is 36.5 Å². The zero-order chi connectivity index (χ0) is 15.6. The molecule has 120 valence electrons. The van der Waals surface area contributed by atoms with Gasteiger partial charge in [-0.15, -0.1) is 11.3 Å². The van der Waals surface area contributed by atoms with E-state index in [1.807, 2.05) is 29.9 Å². The van der Waals surface area contributed by atoms with E-state index < -0.39 is 0 Å². The first-order valence-electron chi connectivity index (χ1n) is 8.03. The maximum Gasteiger partial charge on any atom is 0.155 e. The first-order chi connectivity index (χ1) is 11.3. The number of hydrogen-bond donors (Lipinski definition) is 1. The number of rotatable bonds is 5. The van der Waals surface area contributed by atoms with Crippen LogP contribution in [0.3, 0.4) is 0 Å². The molecule has 1 N–H and O–H groups in total. The molecule has 2 atom stereocenters. The van der Waals surface area contributed by atoms with Crippen LogP contribution in [0, 0.1) is 0 Å². The van der Waals surface area contributed by atoms with Crippen LogP contribution in [0.2, 0.25) is 0 Å². The second-order valence-electron chi connectivity index (χ2n) is 6.09. The van der Waals surface area contributed by atoms with E-state index in [1.54, 1.807) is 23.7 Å². The molecular formula is C17H20N4OS. The Morgan fingerprint density at radius 3 is 3.22 bits per heavy atom. The van der Waals surface area contributed by atoms with Gasteiger partial charge < -0.3 is 5.11 Å². The number of imidazole rings is 1. The van der Waals surface area contributed by atoms with Crippen LogP contribution in [0.25, 0.3) is 5.65 Å². The molecule has 3 aromatic rings. The number of likely N-dealkylation sites (tertiary alicyclic amines) is 1. The SMILES string of the molecule is OC(CC1CCCN1Cc1cnc2cnccn12)c1cccs1. The zero-order valence-electron chi connectivity index (χ0n) is 12.9. The Hall–Kier alpha value is -1.76. The number of aromatic nitrogens is 3. The Kier molecular flexibility index (Phi) is 4.11. The summed E-state index contributed by atoms with van der Waals surface area (Å²) in [6.07, 6.45) is 10.3. The van der Waals surface area contributed by atoms with E-state index in [9.17, 15) is 5.11 Å². The molecule has 0 bridgehead atoms. The summed E-state index contributed by atoms with van der Waals surface area (Å²) < 4.78 is 2.10. The van der Waals surface area contributed by atoms with Crippen LogP contribution in [0.1, 0.15) is 35.9 Å². The molecule has 23 heavy (non-hydrogen) atoms. The fourth-order valence-electron chi connectivity index (χ4n) is 3.44. The van der Waals surface area contributed by atoms with E-state index >= 15 is 0 Å². The van der Waals surface area contributed by atoms with Gasteiger partial charge in [-0.1, -0.05) is 6.07 Å². The largest absolute Gasteiger partial charge is 0.388 e. The monoisotopic (exact) mass is 328 g/mol. The lowest BCUT2D eigenvalue weighted by Gasteiger charge is -2.25. The molecule has 0 saturated carbocycles. The van der Waals surface area contributed by atoms with Crippen molar-refractivity contribution in [1.29, 1.82) is 0 Å². The molecule has 0 spiro atoms. The molecule has 1 fully saturated rings. The van der Waals surface area contributed by atoms with E-state index in [1.165, 1.54) is 12.1 Å². The van der Waals surface area contributed by atoms with E-state index in [2.05, 4.69) is 19.3 Å². The third-order valence-electron chi connectivity index (χ3n) is 4.63. The quantitative estimate of drug-likeness (QED) is 0.782. The third-order valence-corrected chi connectivity index (χ3v) is 5.60. The average Bonchev–Trinajstić information content (AvgIpc) is 3.30. The number of thiophene rings is 1. The summed E-state index contributed by atoms with van der Waals surface area (Å²) >= 11 is 1.63. The van der Waals surface area contributed by atoms with Crippen molar-refractivity contribution in [3.8, 4) is 0 Å². The molecule has 1 saturated heterocycles. The van der Waals surface area contributed by atoms with Crippen molar-refractivity contribution in [1.82, 2.24) is 19.3 Å². The second-order valence-corrected chi connectivity index (χ2v) is 7.07. The van der Waals surface area contributed by atoms with Gasteiger partial charge in [0.2, 0.25) is 0 Å². The minimum Gasteiger partial charge on any atom is -0.388 e. The van der Waals surface area contributed by atoms with Crippen LogP contribution in [0.5, 0.6) is 0 Å². The van der Waals surface area contributed by atoms with Gasteiger partial charge in [-0.3, -0.25) is 14.3 Å². The van der Waals surface area contributed by atoms with E-state index in [4.69, 9.17) is 0 Å². The first-order valence-corrected chi connectivity index (χ1v) is 8.90. The topological polar surface area (TPSA) is 53.7 Å². The lowest BCUT2D eigenvalue weighted by atomic mass is 10.1. The number of aliphatic hydroxyl groups excluding tert-OH is 1. The number of hydrogen-bond acceptors (Lipinski definition) is 5. The summed E-state index contributed by atoms with van der Waals surface area (Å²) in [7, 11) is 0. The predicted molar refractivity (Wildman–Crippen MR) is 90.3 cm³/mol. The van der Waals surface area contributed by atoms with Crippen molar-refractivity contribution in [2.24, 2.45) is 0 Å². The summed E-state index contributed by atoms with van der Waals surface area (Å²) in [6.45, 7) is 1.95. The highest BCUT2D eigenvalue weighted by Crippen LogP contribution is 2.30. The van der Waals surface area contributed by atoms with Crippen LogP contribution >= 0.6 is 11.3 Å². The molecule has 0 aliphatic carbocycles. The Morgan fingerprint density at radius 1 is 1.39 bits per heavy atom. The molecule has 0 radical (unpaired) electrons. The predicted octanol–water partition coefficient (Wildman–Crippen LogP) is 2.88. The van der Waals surface area contributed by atoms with E-state index in [-0.39, 0.29) is 6.10 Å². The lowest BCUT2D eigenvalue weighted by molar-refractivity contribution is 0.120. The fraction of sp³-hybridized carbons (Fsp3) is 0.412. The summed E-state index contributed by atoms with van der Waals surface area (Å²) in [5, 5.41) is 12.5. The molecule has 6 heteroatoms. The van der Waals surface area contributed by atoms with Gasteiger partial charge in [0.05, 0.1) is 24.2 Å². The smallest absolute Gasteiger partial charge is 0.155 e. The molecule has 0 amide bonds. The van der Waals surface area contributed by atoms with Crippen LogP contribution in [-0.4, -0.2) is 37.0 Å². The van der Waals surface area contributed by atoms with Crippen LogP contribution in [0.4, 0.5) is 0 Å². The van der Waals surface area contributed by atoms with Crippen molar-refractivity contribution < 1.29 is 5.11 Å². The van der Waals surface area contributed by atoms with Crippen LogP contribution in [-0.2, 0) is 6.54 Å². The number of aliphatic hydroxyl groups is 1. The van der Waals surface area contributed by atoms with Crippen molar-refractivity contribution in [3.05, 3.63) is 52.9 Å². The summed E-state index contributed by atoms with van der Waals surface area (Å²) in [5.74, 6) is 0. The van der Waals surface area contributed by atoms with Crippen molar-refractivity contribution >= 4 is 17.0 Å². The minimum absolute atomic E-state index is 0.355. The van der Waals surface area contributed by atoms with Gasteiger partial charge in [0.15, 0.2) is 5.65 Å². The maximum atomic E-state index is 10.4. The van der Waals surface area contributed by atoms with Gasteiger partial charge in [0, 0.05) is 29.9 Å². The van der Waals surface area contributed by atoms with Gasteiger partial charge in [0.1, 0.15) is 0 Å². The van der Waals surface area contributed by atoms with Gasteiger partial charge >= 0.3 is 0 Å². The highest BCUT2D eigenvalue weighted by molar-refractivity contribution is 7.10. The van der Waals surface area contributed by atoms with Crippen molar-refractivity contribution in [2.45, 2.75) is 38.0 Å². The Bertz CT molecular complexity index is 770. The second kappa shape index (κ2) is 6.39.